The Bertz CT molecular complexity index is 1550. The molecule has 2 amide bonds. The van der Waals surface area contributed by atoms with E-state index in [0.717, 1.165) is 46.3 Å². The van der Waals surface area contributed by atoms with E-state index in [2.05, 4.69) is 27.4 Å². The number of hydrogen-bond acceptors (Lipinski definition) is 7. The average molecular weight is 501 g/mol. The van der Waals surface area contributed by atoms with E-state index in [1.807, 2.05) is 32.0 Å². The molecule has 3 aromatic heterocycles. The summed E-state index contributed by atoms with van der Waals surface area (Å²) in [6.07, 6.45) is 5.94. The van der Waals surface area contributed by atoms with Crippen LogP contribution in [0.5, 0.6) is 11.6 Å². The zero-order valence-electron chi connectivity index (χ0n) is 21.2. The molecule has 1 fully saturated rings. The van der Waals surface area contributed by atoms with Crippen molar-refractivity contribution in [2.45, 2.75) is 65.0 Å². The van der Waals surface area contributed by atoms with Crippen LogP contribution >= 0.6 is 0 Å². The van der Waals surface area contributed by atoms with Crippen molar-refractivity contribution in [3.05, 3.63) is 59.4 Å². The van der Waals surface area contributed by atoms with Gasteiger partial charge in [-0.1, -0.05) is 12.1 Å². The molecular formula is C27H28N6O4. The summed E-state index contributed by atoms with van der Waals surface area (Å²) >= 11 is 0. The summed E-state index contributed by atoms with van der Waals surface area (Å²) in [5, 5.41) is 7.72. The van der Waals surface area contributed by atoms with Crippen LogP contribution in [0.4, 0.5) is 10.6 Å². The SMILES string of the molecule is CC(=O)N1Cc2ncnc(Oc3ccc4c(ccn4C(=O)Nc4cc(C5(C)CC5)on4)c3C)c2C[C@@H]1C. The third kappa shape index (κ3) is 4.02. The van der Waals surface area contributed by atoms with E-state index in [1.165, 1.54) is 6.33 Å². The number of nitrogens with one attached hydrogen (secondary N) is 1. The van der Waals surface area contributed by atoms with Gasteiger partial charge >= 0.3 is 6.03 Å². The predicted molar refractivity (Wildman–Crippen MR) is 136 cm³/mol. The lowest BCUT2D eigenvalue weighted by Gasteiger charge is -2.33. The summed E-state index contributed by atoms with van der Waals surface area (Å²) in [5.74, 6) is 2.36. The molecule has 1 N–H and O–H groups in total. The van der Waals surface area contributed by atoms with Gasteiger partial charge in [0.2, 0.25) is 11.8 Å². The lowest BCUT2D eigenvalue weighted by molar-refractivity contribution is -0.132. The molecule has 0 saturated heterocycles. The highest BCUT2D eigenvalue weighted by Gasteiger charge is 2.43. The Balaban J connectivity index is 1.25. The molecule has 4 heterocycles. The molecule has 0 radical (unpaired) electrons. The zero-order valence-corrected chi connectivity index (χ0v) is 21.2. The van der Waals surface area contributed by atoms with Crippen molar-refractivity contribution in [1.29, 1.82) is 0 Å². The van der Waals surface area contributed by atoms with Crippen LogP contribution in [0.1, 0.15) is 56.2 Å². The molecule has 0 unspecified atom stereocenters. The van der Waals surface area contributed by atoms with E-state index in [1.54, 1.807) is 28.7 Å². The summed E-state index contributed by atoms with van der Waals surface area (Å²) in [6.45, 7) is 8.10. The first-order chi connectivity index (χ1) is 17.7. The minimum Gasteiger partial charge on any atom is -0.438 e. The fourth-order valence-corrected chi connectivity index (χ4v) is 4.96. The van der Waals surface area contributed by atoms with E-state index in [-0.39, 0.29) is 23.4 Å². The fourth-order valence-electron chi connectivity index (χ4n) is 4.96. The van der Waals surface area contributed by atoms with Gasteiger partial charge < -0.3 is 14.2 Å². The molecule has 190 valence electrons. The Morgan fingerprint density at radius 2 is 2.03 bits per heavy atom. The molecule has 0 spiro atoms. The highest BCUT2D eigenvalue weighted by Crippen LogP contribution is 2.48. The third-order valence-electron chi connectivity index (χ3n) is 7.61. The Kier molecular flexibility index (Phi) is 5.29. The quantitative estimate of drug-likeness (QED) is 0.422. The molecule has 1 atom stereocenters. The number of carbonyl (C=O) groups is 2. The van der Waals surface area contributed by atoms with E-state index in [0.29, 0.717) is 30.4 Å². The molecule has 6 rings (SSSR count). The molecule has 10 nitrogen and oxygen atoms in total. The first kappa shape index (κ1) is 23.2. The van der Waals surface area contributed by atoms with E-state index >= 15 is 0 Å². The van der Waals surface area contributed by atoms with Gasteiger partial charge in [0.05, 0.1) is 17.8 Å². The minimum absolute atomic E-state index is 0.0234. The molecule has 1 aromatic carbocycles. The van der Waals surface area contributed by atoms with Crippen molar-refractivity contribution in [2.24, 2.45) is 0 Å². The molecule has 37 heavy (non-hydrogen) atoms. The average Bonchev–Trinajstić information content (AvgIpc) is 3.26. The maximum Gasteiger partial charge on any atom is 0.331 e. The van der Waals surface area contributed by atoms with Gasteiger partial charge in [-0.3, -0.25) is 14.7 Å². The van der Waals surface area contributed by atoms with Crippen LogP contribution in [0.2, 0.25) is 0 Å². The predicted octanol–water partition coefficient (Wildman–Crippen LogP) is 4.94. The number of ether oxygens (including phenoxy) is 1. The number of rotatable bonds is 4. The smallest absolute Gasteiger partial charge is 0.331 e. The van der Waals surface area contributed by atoms with Crippen LogP contribution < -0.4 is 10.1 Å². The second kappa shape index (κ2) is 8.43. The summed E-state index contributed by atoms with van der Waals surface area (Å²) in [6, 6.07) is 7.09. The molecule has 2 aliphatic rings. The van der Waals surface area contributed by atoms with Crippen molar-refractivity contribution in [3.63, 3.8) is 0 Å². The highest BCUT2D eigenvalue weighted by molar-refractivity contribution is 5.99. The number of aryl methyl sites for hydroxylation is 1. The number of hydrogen-bond donors (Lipinski definition) is 1. The normalized spacial score (nSPS) is 17.9. The van der Waals surface area contributed by atoms with Gasteiger partial charge in [0.15, 0.2) is 5.82 Å². The summed E-state index contributed by atoms with van der Waals surface area (Å²) in [7, 11) is 0. The maximum atomic E-state index is 13.0. The summed E-state index contributed by atoms with van der Waals surface area (Å²) in [5.41, 5.74) is 3.38. The van der Waals surface area contributed by atoms with Gasteiger partial charge in [-0.15, -0.1) is 0 Å². The van der Waals surface area contributed by atoms with Gasteiger partial charge in [0.25, 0.3) is 0 Å². The zero-order chi connectivity index (χ0) is 25.9. The Hall–Kier alpha value is -4.21. The van der Waals surface area contributed by atoms with Crippen molar-refractivity contribution in [1.82, 2.24) is 24.6 Å². The topological polar surface area (TPSA) is 115 Å². The summed E-state index contributed by atoms with van der Waals surface area (Å²) in [4.78, 5) is 35.6. The lowest BCUT2D eigenvalue weighted by atomic mass is 9.99. The van der Waals surface area contributed by atoms with Crippen LogP contribution in [0.15, 0.2) is 41.3 Å². The lowest BCUT2D eigenvalue weighted by Crippen LogP contribution is -2.41. The fraction of sp³-hybridized carbons (Fsp3) is 0.370. The number of fused-ring (bicyclic) bond motifs is 2. The van der Waals surface area contributed by atoms with E-state index < -0.39 is 0 Å². The number of benzene rings is 1. The second-order valence-electron chi connectivity index (χ2n) is 10.3. The van der Waals surface area contributed by atoms with Gasteiger partial charge in [0.1, 0.15) is 17.8 Å². The van der Waals surface area contributed by atoms with Gasteiger partial charge in [-0.2, -0.15) is 0 Å². The molecule has 10 heteroatoms. The molecule has 4 aromatic rings. The standard InChI is InChI=1S/C27H28N6O4/c1-15-11-19-20(13-33(15)17(3)34)28-14-29-25(19)36-22-6-5-21-18(16(22)2)7-10-32(21)26(35)30-24-12-23(37-31-24)27(4)8-9-27/h5-7,10,12,14-15H,8-9,11,13H2,1-4H3,(H,30,31,35)/t15-/m0/s1. The van der Waals surface area contributed by atoms with Crippen LogP contribution in [0.3, 0.4) is 0 Å². The molecule has 1 saturated carbocycles. The Morgan fingerprint density at radius 1 is 1.22 bits per heavy atom. The largest absolute Gasteiger partial charge is 0.438 e. The number of aromatic nitrogens is 4. The highest BCUT2D eigenvalue weighted by atomic mass is 16.5. The third-order valence-corrected chi connectivity index (χ3v) is 7.61. The van der Waals surface area contributed by atoms with Crippen LogP contribution in [-0.4, -0.2) is 42.6 Å². The number of carbonyl (C=O) groups excluding carboxylic acids is 2. The molecule has 0 bridgehead atoms. The Morgan fingerprint density at radius 3 is 2.78 bits per heavy atom. The summed E-state index contributed by atoms with van der Waals surface area (Å²) < 4.78 is 13.3. The van der Waals surface area contributed by atoms with Crippen LogP contribution in [0.25, 0.3) is 10.9 Å². The molecule has 1 aliphatic carbocycles. The van der Waals surface area contributed by atoms with Crippen molar-refractivity contribution < 1.29 is 18.8 Å². The van der Waals surface area contributed by atoms with Crippen molar-refractivity contribution in [2.75, 3.05) is 5.32 Å². The number of nitrogens with zero attached hydrogens (tertiary/aromatic N) is 5. The first-order valence-corrected chi connectivity index (χ1v) is 12.4. The number of anilines is 1. The molecular weight excluding hydrogens is 472 g/mol. The van der Waals surface area contributed by atoms with E-state index in [4.69, 9.17) is 9.26 Å². The van der Waals surface area contributed by atoms with Crippen LogP contribution in [-0.2, 0) is 23.2 Å². The van der Waals surface area contributed by atoms with Gasteiger partial charge in [0, 0.05) is 47.2 Å². The van der Waals surface area contributed by atoms with Gasteiger partial charge in [-0.25, -0.2) is 14.8 Å². The van der Waals surface area contributed by atoms with E-state index in [9.17, 15) is 9.59 Å². The maximum absolute atomic E-state index is 13.0. The van der Waals surface area contributed by atoms with Crippen LogP contribution in [0, 0.1) is 6.92 Å². The van der Waals surface area contributed by atoms with Crippen molar-refractivity contribution >= 4 is 28.7 Å². The minimum atomic E-state index is -0.322. The first-order valence-electron chi connectivity index (χ1n) is 12.4. The monoisotopic (exact) mass is 500 g/mol. The number of amides is 2. The van der Waals surface area contributed by atoms with Crippen molar-refractivity contribution in [3.8, 4) is 11.6 Å². The second-order valence-corrected chi connectivity index (χ2v) is 10.3. The Labute approximate surface area is 213 Å². The molecule has 1 aliphatic heterocycles. The van der Waals surface area contributed by atoms with Gasteiger partial charge in [-0.05, 0) is 51.3 Å².